The molecule has 17 heavy (non-hydrogen) atoms. The minimum atomic E-state index is 0.321. The van der Waals surface area contributed by atoms with Crippen molar-refractivity contribution in [1.29, 1.82) is 0 Å². The summed E-state index contributed by atoms with van der Waals surface area (Å²) in [5.74, 6) is 1.19. The van der Waals surface area contributed by atoms with Crippen molar-refractivity contribution in [2.45, 2.75) is 6.61 Å². The van der Waals surface area contributed by atoms with Gasteiger partial charge in [0.05, 0.1) is 0 Å². The fraction of sp³-hybridized carbons (Fsp3) is 0.182. The molecule has 0 atom stereocenters. The zero-order valence-electron chi connectivity index (χ0n) is 9.15. The fourth-order valence-corrected chi connectivity index (χ4v) is 1.89. The van der Waals surface area contributed by atoms with Crippen LogP contribution < -0.4 is 10.5 Å². The van der Waals surface area contributed by atoms with Gasteiger partial charge in [0.15, 0.2) is 0 Å². The maximum absolute atomic E-state index is 5.86. The zero-order valence-corrected chi connectivity index (χ0v) is 10.7. The average Bonchev–Trinajstić information content (AvgIpc) is 2.54. The Balaban J connectivity index is 2.07. The molecule has 1 aromatic heterocycles. The molecular weight excluding hydrogens is 261 g/mol. The summed E-state index contributed by atoms with van der Waals surface area (Å²) in [4.78, 5) is 0. The lowest BCUT2D eigenvalue weighted by Gasteiger charge is -2.05. The number of hydrogen-bond donors (Lipinski definition) is 1. The molecule has 0 radical (unpaired) electrons. The summed E-state index contributed by atoms with van der Waals surface area (Å²) in [6, 6.07) is 6.79. The monoisotopic (exact) mass is 271 g/mol. The highest BCUT2D eigenvalue weighted by Crippen LogP contribution is 2.24. The van der Waals surface area contributed by atoms with Crippen molar-refractivity contribution in [3.63, 3.8) is 0 Å². The molecule has 2 N–H and O–H groups in total. The molecule has 0 bridgehead atoms. The van der Waals surface area contributed by atoms with Gasteiger partial charge in [-0.1, -0.05) is 23.2 Å². The molecule has 0 fully saturated rings. The molecule has 4 nitrogen and oxygen atoms in total. The van der Waals surface area contributed by atoms with Crippen molar-refractivity contribution in [1.82, 2.24) is 9.78 Å². The summed E-state index contributed by atoms with van der Waals surface area (Å²) < 4.78 is 7.11. The largest absolute Gasteiger partial charge is 0.487 e. The van der Waals surface area contributed by atoms with Crippen LogP contribution in [0.2, 0.25) is 10.0 Å². The van der Waals surface area contributed by atoms with E-state index in [1.807, 2.05) is 0 Å². The standard InChI is InChI=1S/C11H11Cl2N3O/c1-16-11(14)5-9(15-16)6-17-10-3-7(12)2-8(13)4-10/h2-5H,6,14H2,1H3. The molecule has 0 spiro atoms. The van der Waals surface area contributed by atoms with Gasteiger partial charge < -0.3 is 10.5 Å². The van der Waals surface area contributed by atoms with Crippen LogP contribution in [-0.4, -0.2) is 9.78 Å². The van der Waals surface area contributed by atoms with Crippen molar-refractivity contribution in [2.75, 3.05) is 5.73 Å². The van der Waals surface area contributed by atoms with E-state index in [-0.39, 0.29) is 0 Å². The number of nitrogen functional groups attached to an aromatic ring is 1. The van der Waals surface area contributed by atoms with Gasteiger partial charge in [-0.25, -0.2) is 0 Å². The molecule has 0 unspecified atom stereocenters. The molecule has 0 aliphatic heterocycles. The quantitative estimate of drug-likeness (QED) is 0.934. The zero-order chi connectivity index (χ0) is 12.4. The first-order chi connectivity index (χ1) is 8.04. The summed E-state index contributed by atoms with van der Waals surface area (Å²) >= 11 is 11.7. The number of halogens is 2. The topological polar surface area (TPSA) is 53.1 Å². The van der Waals surface area contributed by atoms with Crippen molar-refractivity contribution in [2.24, 2.45) is 7.05 Å². The minimum Gasteiger partial charge on any atom is -0.487 e. The molecule has 2 rings (SSSR count). The van der Waals surface area contributed by atoms with Gasteiger partial charge in [-0.15, -0.1) is 0 Å². The Morgan fingerprint density at radius 1 is 1.24 bits per heavy atom. The second-order valence-corrected chi connectivity index (χ2v) is 4.45. The van der Waals surface area contributed by atoms with Crippen molar-refractivity contribution in [3.05, 3.63) is 40.0 Å². The van der Waals surface area contributed by atoms with E-state index in [2.05, 4.69) is 5.10 Å². The normalized spacial score (nSPS) is 10.5. The molecule has 0 saturated heterocycles. The highest BCUT2D eigenvalue weighted by molar-refractivity contribution is 6.34. The van der Waals surface area contributed by atoms with Gasteiger partial charge in [0.2, 0.25) is 0 Å². The van der Waals surface area contributed by atoms with E-state index < -0.39 is 0 Å². The highest BCUT2D eigenvalue weighted by Gasteiger charge is 2.04. The predicted molar refractivity (Wildman–Crippen MR) is 68.4 cm³/mol. The van der Waals surface area contributed by atoms with Gasteiger partial charge in [0.1, 0.15) is 23.9 Å². The third-order valence-electron chi connectivity index (χ3n) is 2.19. The van der Waals surface area contributed by atoms with Crippen LogP contribution in [0.3, 0.4) is 0 Å². The van der Waals surface area contributed by atoms with Gasteiger partial charge in [0.25, 0.3) is 0 Å². The summed E-state index contributed by atoms with van der Waals surface area (Å²) in [6.45, 7) is 0.321. The van der Waals surface area contributed by atoms with Crippen molar-refractivity contribution in [3.8, 4) is 5.75 Å². The molecule has 1 heterocycles. The van der Waals surface area contributed by atoms with Gasteiger partial charge in [-0.05, 0) is 18.2 Å². The fourth-order valence-electron chi connectivity index (χ4n) is 1.38. The number of ether oxygens (including phenoxy) is 1. The number of aromatic nitrogens is 2. The van der Waals surface area contributed by atoms with E-state index in [4.69, 9.17) is 33.7 Å². The predicted octanol–water partition coefficient (Wildman–Crippen LogP) is 2.89. The van der Waals surface area contributed by atoms with Crippen LogP contribution in [0.15, 0.2) is 24.3 Å². The second-order valence-electron chi connectivity index (χ2n) is 3.58. The smallest absolute Gasteiger partial charge is 0.132 e. The summed E-state index contributed by atoms with van der Waals surface area (Å²) in [6.07, 6.45) is 0. The number of nitrogens with zero attached hydrogens (tertiary/aromatic N) is 2. The molecular formula is C11H11Cl2N3O. The van der Waals surface area contributed by atoms with Crippen LogP contribution in [0.5, 0.6) is 5.75 Å². The first-order valence-electron chi connectivity index (χ1n) is 4.92. The van der Waals surface area contributed by atoms with Crippen LogP contribution in [0, 0.1) is 0 Å². The Morgan fingerprint density at radius 2 is 1.88 bits per heavy atom. The number of nitrogens with two attached hydrogens (primary N) is 1. The first-order valence-corrected chi connectivity index (χ1v) is 5.67. The van der Waals surface area contributed by atoms with E-state index in [0.717, 1.165) is 5.69 Å². The van der Waals surface area contributed by atoms with Crippen LogP contribution in [-0.2, 0) is 13.7 Å². The van der Waals surface area contributed by atoms with Crippen LogP contribution in [0.25, 0.3) is 0 Å². The lowest BCUT2D eigenvalue weighted by molar-refractivity contribution is 0.300. The molecule has 2 aromatic rings. The van der Waals surface area contributed by atoms with Crippen LogP contribution >= 0.6 is 23.2 Å². The van der Waals surface area contributed by atoms with Gasteiger partial charge in [-0.2, -0.15) is 5.10 Å². The molecule has 1 aromatic carbocycles. The third kappa shape index (κ3) is 3.05. The number of rotatable bonds is 3. The maximum atomic E-state index is 5.86. The Labute approximate surface area is 109 Å². The van der Waals surface area contributed by atoms with E-state index in [9.17, 15) is 0 Å². The molecule has 90 valence electrons. The SMILES string of the molecule is Cn1nc(COc2cc(Cl)cc(Cl)c2)cc1N. The Hall–Kier alpha value is -1.39. The Bertz CT molecular complexity index is 500. The van der Waals surface area contributed by atoms with E-state index in [0.29, 0.717) is 28.2 Å². The van der Waals surface area contributed by atoms with Crippen LogP contribution in [0.1, 0.15) is 5.69 Å². The second kappa shape index (κ2) is 4.85. The van der Waals surface area contributed by atoms with Gasteiger partial charge >= 0.3 is 0 Å². The van der Waals surface area contributed by atoms with E-state index in [1.54, 1.807) is 36.0 Å². The highest BCUT2D eigenvalue weighted by atomic mass is 35.5. The first kappa shape index (κ1) is 12.1. The summed E-state index contributed by atoms with van der Waals surface area (Å²) in [5.41, 5.74) is 6.41. The van der Waals surface area contributed by atoms with Crippen molar-refractivity contribution < 1.29 is 4.74 Å². The van der Waals surface area contributed by atoms with Crippen molar-refractivity contribution >= 4 is 29.0 Å². The molecule has 0 saturated carbocycles. The van der Waals surface area contributed by atoms with Gasteiger partial charge in [-0.3, -0.25) is 4.68 Å². The molecule has 0 aliphatic carbocycles. The Morgan fingerprint density at radius 3 is 2.41 bits per heavy atom. The number of hydrogen-bond acceptors (Lipinski definition) is 3. The van der Waals surface area contributed by atoms with E-state index >= 15 is 0 Å². The van der Waals surface area contributed by atoms with Crippen LogP contribution in [0.4, 0.5) is 5.82 Å². The maximum Gasteiger partial charge on any atom is 0.132 e. The number of aryl methyl sites for hydroxylation is 1. The molecule has 6 heteroatoms. The third-order valence-corrected chi connectivity index (χ3v) is 2.63. The van der Waals surface area contributed by atoms with E-state index in [1.165, 1.54) is 0 Å². The van der Waals surface area contributed by atoms with Gasteiger partial charge in [0, 0.05) is 23.2 Å². The molecule has 0 aliphatic rings. The summed E-state index contributed by atoms with van der Waals surface area (Å²) in [5, 5.41) is 5.24. The number of benzene rings is 1. The Kier molecular flexibility index (Phi) is 3.45. The molecule has 0 amide bonds. The lowest BCUT2D eigenvalue weighted by atomic mass is 10.3. The number of anilines is 1. The lowest BCUT2D eigenvalue weighted by Crippen LogP contribution is -1.99. The average molecular weight is 272 g/mol. The minimum absolute atomic E-state index is 0.321. The summed E-state index contributed by atoms with van der Waals surface area (Å²) in [7, 11) is 1.77.